The fourth-order valence-electron chi connectivity index (χ4n) is 1.68. The highest BCUT2D eigenvalue weighted by atomic mass is 16.4. The molecule has 1 rings (SSSR count). The molecule has 0 saturated carbocycles. The van der Waals surface area contributed by atoms with E-state index in [0.717, 1.165) is 25.7 Å². The number of rotatable bonds is 1. The Morgan fingerprint density at radius 1 is 1.58 bits per heavy atom. The number of hydrogen-bond acceptors (Lipinski definition) is 1. The molecule has 12 heavy (non-hydrogen) atoms. The Labute approximate surface area is 73.3 Å². The lowest BCUT2D eigenvalue weighted by atomic mass is 9.89. The third-order valence-electron chi connectivity index (χ3n) is 2.39. The Morgan fingerprint density at radius 3 is 3.00 bits per heavy atom. The van der Waals surface area contributed by atoms with Gasteiger partial charge in [0.05, 0.1) is 5.92 Å². The predicted octanol–water partition coefficient (Wildman–Crippen LogP) is 2.45. The molecule has 0 heterocycles. The average Bonchev–Trinajstić information content (AvgIpc) is 1.95. The van der Waals surface area contributed by atoms with Crippen LogP contribution in [0.2, 0.25) is 0 Å². The van der Waals surface area contributed by atoms with Gasteiger partial charge in [-0.1, -0.05) is 19.1 Å². The van der Waals surface area contributed by atoms with E-state index in [0.29, 0.717) is 5.92 Å². The highest BCUT2D eigenvalue weighted by Crippen LogP contribution is 2.22. The molecule has 2 unspecified atom stereocenters. The summed E-state index contributed by atoms with van der Waals surface area (Å²) in [7, 11) is 0. The minimum absolute atomic E-state index is 0.120. The zero-order chi connectivity index (χ0) is 8.97. The minimum atomic E-state index is -0.628. The molecule has 0 spiro atoms. The van der Waals surface area contributed by atoms with Gasteiger partial charge in [0, 0.05) is 0 Å². The van der Waals surface area contributed by atoms with Crippen LogP contribution in [-0.4, -0.2) is 11.1 Å². The number of carbonyl (C=O) groups is 1. The first-order valence-electron chi connectivity index (χ1n) is 4.59. The summed E-state index contributed by atoms with van der Waals surface area (Å²) in [6, 6.07) is 0. The summed E-state index contributed by atoms with van der Waals surface area (Å²) >= 11 is 0. The number of allylic oxidation sites excluding steroid dienone is 2. The van der Waals surface area contributed by atoms with Gasteiger partial charge in [0.1, 0.15) is 0 Å². The molecular formula is C10H16O2. The maximum atomic E-state index is 10.7. The van der Waals surface area contributed by atoms with E-state index in [1.54, 1.807) is 0 Å². The molecule has 2 nitrogen and oxygen atoms in total. The molecular weight excluding hydrogens is 152 g/mol. The first-order chi connectivity index (χ1) is 5.70. The highest BCUT2D eigenvalue weighted by Gasteiger charge is 2.19. The fourth-order valence-corrected chi connectivity index (χ4v) is 1.68. The van der Waals surface area contributed by atoms with Crippen LogP contribution in [0.5, 0.6) is 0 Å². The van der Waals surface area contributed by atoms with Gasteiger partial charge in [-0.15, -0.1) is 0 Å². The van der Waals surface area contributed by atoms with Crippen molar-refractivity contribution in [2.45, 2.75) is 32.6 Å². The van der Waals surface area contributed by atoms with Crippen molar-refractivity contribution in [3.8, 4) is 0 Å². The molecule has 0 fully saturated rings. The molecule has 0 radical (unpaired) electrons. The maximum absolute atomic E-state index is 10.7. The number of carboxylic acids is 1. The Morgan fingerprint density at radius 2 is 2.33 bits per heavy atom. The van der Waals surface area contributed by atoms with Crippen LogP contribution in [0.4, 0.5) is 0 Å². The van der Waals surface area contributed by atoms with Crippen molar-refractivity contribution < 1.29 is 9.90 Å². The van der Waals surface area contributed by atoms with Crippen LogP contribution in [0.25, 0.3) is 0 Å². The van der Waals surface area contributed by atoms with E-state index >= 15 is 0 Å². The predicted molar refractivity (Wildman–Crippen MR) is 47.9 cm³/mol. The van der Waals surface area contributed by atoms with Crippen molar-refractivity contribution in [3.05, 3.63) is 12.2 Å². The van der Waals surface area contributed by atoms with Crippen LogP contribution in [0, 0.1) is 11.8 Å². The second kappa shape index (κ2) is 4.29. The van der Waals surface area contributed by atoms with Crippen molar-refractivity contribution >= 4 is 5.97 Å². The van der Waals surface area contributed by atoms with Gasteiger partial charge in [0.25, 0.3) is 0 Å². The smallest absolute Gasteiger partial charge is 0.306 e. The molecule has 0 aromatic rings. The van der Waals surface area contributed by atoms with Crippen LogP contribution in [0.15, 0.2) is 12.2 Å². The Kier molecular flexibility index (Phi) is 3.32. The summed E-state index contributed by atoms with van der Waals surface area (Å²) in [5.41, 5.74) is 0. The van der Waals surface area contributed by atoms with E-state index in [1.807, 2.05) is 0 Å². The molecule has 0 amide bonds. The van der Waals surface area contributed by atoms with E-state index in [1.165, 1.54) is 0 Å². The van der Waals surface area contributed by atoms with Gasteiger partial charge in [0.15, 0.2) is 0 Å². The second-order valence-corrected chi connectivity index (χ2v) is 3.61. The molecule has 1 aliphatic rings. The minimum Gasteiger partial charge on any atom is -0.481 e. The second-order valence-electron chi connectivity index (χ2n) is 3.61. The van der Waals surface area contributed by atoms with Crippen LogP contribution < -0.4 is 0 Å². The van der Waals surface area contributed by atoms with E-state index in [2.05, 4.69) is 19.1 Å². The van der Waals surface area contributed by atoms with Crippen LogP contribution in [0.3, 0.4) is 0 Å². The maximum Gasteiger partial charge on any atom is 0.306 e. The molecule has 1 aliphatic carbocycles. The van der Waals surface area contributed by atoms with Crippen LogP contribution in [-0.2, 0) is 4.79 Å². The molecule has 2 heteroatoms. The molecule has 0 bridgehead atoms. The summed E-state index contributed by atoms with van der Waals surface area (Å²) in [5.74, 6) is -0.325. The molecule has 0 saturated heterocycles. The zero-order valence-electron chi connectivity index (χ0n) is 7.49. The van der Waals surface area contributed by atoms with Crippen molar-refractivity contribution in [3.63, 3.8) is 0 Å². The normalized spacial score (nSPS) is 33.4. The standard InChI is InChI=1S/C10H16O2/c1-8-5-3-2-4-6-9(7-8)10(11)12/h3,5,8-9H,2,4,6-7H2,1H3,(H,11,12)/b5-3-. The lowest BCUT2D eigenvalue weighted by molar-refractivity contribution is -0.142. The van der Waals surface area contributed by atoms with E-state index in [4.69, 9.17) is 5.11 Å². The third kappa shape index (κ3) is 2.68. The van der Waals surface area contributed by atoms with Gasteiger partial charge in [0.2, 0.25) is 0 Å². The lowest BCUT2D eigenvalue weighted by Crippen LogP contribution is -2.17. The molecule has 0 aromatic heterocycles. The molecule has 2 atom stereocenters. The van der Waals surface area contributed by atoms with E-state index in [-0.39, 0.29) is 5.92 Å². The molecule has 1 N–H and O–H groups in total. The van der Waals surface area contributed by atoms with Crippen molar-refractivity contribution in [2.24, 2.45) is 11.8 Å². The third-order valence-corrected chi connectivity index (χ3v) is 2.39. The van der Waals surface area contributed by atoms with Crippen molar-refractivity contribution in [2.75, 3.05) is 0 Å². The summed E-state index contributed by atoms with van der Waals surface area (Å²) < 4.78 is 0. The Hall–Kier alpha value is -0.790. The fraction of sp³-hybridized carbons (Fsp3) is 0.700. The number of hydrogen-bond donors (Lipinski definition) is 1. The van der Waals surface area contributed by atoms with Gasteiger partial charge < -0.3 is 5.11 Å². The Bertz CT molecular complexity index is 184. The van der Waals surface area contributed by atoms with Crippen LogP contribution in [0.1, 0.15) is 32.6 Å². The first kappa shape index (κ1) is 9.30. The summed E-state index contributed by atoms with van der Waals surface area (Å²) in [4.78, 5) is 10.7. The first-order valence-corrected chi connectivity index (χ1v) is 4.59. The topological polar surface area (TPSA) is 37.3 Å². The van der Waals surface area contributed by atoms with E-state index in [9.17, 15) is 4.79 Å². The SMILES string of the molecule is CC1/C=C\CCCC(C(=O)O)C1. The lowest BCUT2D eigenvalue weighted by Gasteiger charge is -2.16. The average molecular weight is 168 g/mol. The zero-order valence-corrected chi connectivity index (χ0v) is 7.49. The molecule has 0 aliphatic heterocycles. The number of aliphatic carboxylic acids is 1. The summed E-state index contributed by atoms with van der Waals surface area (Å²) in [6.07, 6.45) is 7.99. The monoisotopic (exact) mass is 168 g/mol. The van der Waals surface area contributed by atoms with Crippen LogP contribution >= 0.6 is 0 Å². The van der Waals surface area contributed by atoms with Gasteiger partial charge >= 0.3 is 5.97 Å². The van der Waals surface area contributed by atoms with Gasteiger partial charge in [-0.2, -0.15) is 0 Å². The van der Waals surface area contributed by atoms with Gasteiger partial charge in [-0.3, -0.25) is 4.79 Å². The van der Waals surface area contributed by atoms with Gasteiger partial charge in [-0.05, 0) is 31.6 Å². The largest absolute Gasteiger partial charge is 0.481 e. The quantitative estimate of drug-likeness (QED) is 0.610. The highest BCUT2D eigenvalue weighted by molar-refractivity contribution is 5.69. The molecule has 0 aromatic carbocycles. The van der Waals surface area contributed by atoms with Crippen molar-refractivity contribution in [1.82, 2.24) is 0 Å². The Balaban J connectivity index is 2.54. The van der Waals surface area contributed by atoms with Gasteiger partial charge in [-0.25, -0.2) is 0 Å². The number of carboxylic acid groups (broad SMARTS) is 1. The summed E-state index contributed by atoms with van der Waals surface area (Å²) in [5, 5.41) is 8.85. The van der Waals surface area contributed by atoms with E-state index < -0.39 is 5.97 Å². The van der Waals surface area contributed by atoms with Crippen molar-refractivity contribution in [1.29, 1.82) is 0 Å². The molecule has 68 valence electrons. The summed E-state index contributed by atoms with van der Waals surface area (Å²) in [6.45, 7) is 2.08.